The van der Waals surface area contributed by atoms with Crippen molar-refractivity contribution in [1.82, 2.24) is 0 Å². The molecule has 0 aromatic heterocycles. The lowest BCUT2D eigenvalue weighted by Gasteiger charge is -2.20. The van der Waals surface area contributed by atoms with Crippen LogP contribution in [0.1, 0.15) is 37.7 Å². The van der Waals surface area contributed by atoms with Crippen molar-refractivity contribution in [3.05, 3.63) is 29.8 Å². The number of carbonyl (C=O) groups is 2. The Balaban J connectivity index is 2.01. The fraction of sp³-hybridized carbons (Fsp3) is 0.500. The summed E-state index contributed by atoms with van der Waals surface area (Å²) in [5, 5.41) is 0. The monoisotopic (exact) mass is 310 g/mol. The van der Waals surface area contributed by atoms with E-state index < -0.39 is 5.97 Å². The van der Waals surface area contributed by atoms with E-state index in [1.165, 1.54) is 6.42 Å². The summed E-state index contributed by atoms with van der Waals surface area (Å²) in [5.74, 6) is -0.236. The van der Waals surface area contributed by atoms with Crippen molar-refractivity contribution in [1.29, 1.82) is 0 Å². The van der Waals surface area contributed by atoms with Crippen molar-refractivity contribution in [3.63, 3.8) is 0 Å². The Morgan fingerprint density at radius 3 is 2.57 bits per heavy atom. The maximum atomic E-state index is 12.2. The molecule has 0 heterocycles. The van der Waals surface area contributed by atoms with Crippen LogP contribution in [0.25, 0.3) is 0 Å². The van der Waals surface area contributed by atoms with E-state index in [4.69, 9.17) is 21.1 Å². The maximum Gasteiger partial charge on any atom is 0.314 e. The Kier molecular flexibility index (Phi) is 6.05. The van der Waals surface area contributed by atoms with Gasteiger partial charge >= 0.3 is 11.9 Å². The van der Waals surface area contributed by atoms with Crippen molar-refractivity contribution in [2.75, 3.05) is 6.07 Å². The highest BCUT2D eigenvalue weighted by Gasteiger charge is 2.24. The third-order valence-corrected chi connectivity index (χ3v) is 3.78. The molecule has 4 nitrogen and oxygen atoms in total. The van der Waals surface area contributed by atoms with E-state index in [1.807, 2.05) is 0 Å². The zero-order valence-corrected chi connectivity index (χ0v) is 12.6. The molecule has 1 aromatic carbocycles. The summed E-state index contributed by atoms with van der Waals surface area (Å²) in [7, 11) is 0. The molecule has 0 bridgehead atoms. The molecule has 0 unspecified atom stereocenters. The van der Waals surface area contributed by atoms with Gasteiger partial charge in [-0.3, -0.25) is 9.59 Å². The van der Waals surface area contributed by atoms with Gasteiger partial charge in [-0.2, -0.15) is 0 Å². The van der Waals surface area contributed by atoms with Gasteiger partial charge in [-0.25, -0.2) is 0 Å². The van der Waals surface area contributed by atoms with E-state index in [2.05, 4.69) is 0 Å². The number of rotatable bonds is 5. The lowest BCUT2D eigenvalue weighted by atomic mass is 9.89. The van der Waals surface area contributed by atoms with E-state index >= 15 is 0 Å². The van der Waals surface area contributed by atoms with Crippen molar-refractivity contribution in [3.8, 4) is 5.75 Å². The minimum atomic E-state index is -0.439. The Hall–Kier alpha value is -1.55. The fourth-order valence-electron chi connectivity index (χ4n) is 2.55. The summed E-state index contributed by atoms with van der Waals surface area (Å²) < 4.78 is 10.2. The van der Waals surface area contributed by atoms with Crippen LogP contribution in [0.3, 0.4) is 0 Å². The standard InChI is InChI=1S/C16H19ClO4/c17-11-20-15(18)10-13-8-4-5-9-14(13)21-16(19)12-6-2-1-3-7-12/h4-5,8-9,12H,1-3,6-7,10-11H2. The summed E-state index contributed by atoms with van der Waals surface area (Å²) in [4.78, 5) is 23.7. The van der Waals surface area contributed by atoms with Crippen LogP contribution < -0.4 is 4.74 Å². The maximum absolute atomic E-state index is 12.2. The summed E-state index contributed by atoms with van der Waals surface area (Å²) in [6.45, 7) is 0. The lowest BCUT2D eigenvalue weighted by molar-refractivity contribution is -0.142. The molecule has 21 heavy (non-hydrogen) atoms. The first kappa shape index (κ1) is 15.8. The first-order chi connectivity index (χ1) is 10.2. The summed E-state index contributed by atoms with van der Waals surface area (Å²) in [6, 6.07) is 6.84. The number of halogens is 1. The number of esters is 2. The zero-order valence-electron chi connectivity index (χ0n) is 11.8. The molecular formula is C16H19ClO4. The molecule has 114 valence electrons. The van der Waals surface area contributed by atoms with Gasteiger partial charge < -0.3 is 9.47 Å². The van der Waals surface area contributed by atoms with E-state index in [0.717, 1.165) is 25.7 Å². The molecule has 2 rings (SSSR count). The van der Waals surface area contributed by atoms with Crippen LogP contribution >= 0.6 is 11.6 Å². The van der Waals surface area contributed by atoms with Gasteiger partial charge in [-0.15, -0.1) is 0 Å². The third-order valence-electron chi connectivity index (χ3n) is 3.67. The van der Waals surface area contributed by atoms with Gasteiger partial charge in [-0.05, 0) is 18.9 Å². The number of benzene rings is 1. The van der Waals surface area contributed by atoms with Gasteiger partial charge in [0.25, 0.3) is 0 Å². The lowest BCUT2D eigenvalue weighted by Crippen LogP contribution is -2.23. The number of hydrogen-bond donors (Lipinski definition) is 0. The molecule has 0 amide bonds. The highest BCUT2D eigenvalue weighted by molar-refractivity contribution is 6.17. The average molecular weight is 311 g/mol. The van der Waals surface area contributed by atoms with Gasteiger partial charge in [-0.1, -0.05) is 49.1 Å². The van der Waals surface area contributed by atoms with Crippen molar-refractivity contribution in [2.45, 2.75) is 38.5 Å². The summed E-state index contributed by atoms with van der Waals surface area (Å²) in [6.07, 6.45) is 5.14. The largest absolute Gasteiger partial charge is 0.449 e. The van der Waals surface area contributed by atoms with E-state index in [1.54, 1.807) is 24.3 Å². The van der Waals surface area contributed by atoms with Crippen LogP contribution in [-0.2, 0) is 20.7 Å². The number of hydrogen-bond acceptors (Lipinski definition) is 4. The quantitative estimate of drug-likeness (QED) is 0.475. The molecule has 0 spiro atoms. The molecule has 5 heteroatoms. The van der Waals surface area contributed by atoms with Crippen LogP contribution in [0.5, 0.6) is 5.75 Å². The number of para-hydroxylation sites is 1. The van der Waals surface area contributed by atoms with Gasteiger partial charge in [0.05, 0.1) is 12.3 Å². The Morgan fingerprint density at radius 2 is 1.86 bits per heavy atom. The molecular weight excluding hydrogens is 292 g/mol. The van der Waals surface area contributed by atoms with Gasteiger partial charge in [0.1, 0.15) is 5.75 Å². The second-order valence-corrected chi connectivity index (χ2v) is 5.38. The SMILES string of the molecule is O=C(Cc1ccccc1OC(=O)C1CCCCC1)OCCl. The molecule has 0 aliphatic heterocycles. The Morgan fingerprint density at radius 1 is 1.14 bits per heavy atom. The number of alkyl halides is 1. The van der Waals surface area contributed by atoms with Crippen LogP contribution in [-0.4, -0.2) is 18.0 Å². The molecule has 0 atom stereocenters. The van der Waals surface area contributed by atoms with E-state index in [0.29, 0.717) is 11.3 Å². The molecule has 1 aromatic rings. The number of ether oxygens (including phenoxy) is 2. The van der Waals surface area contributed by atoms with Crippen molar-refractivity contribution >= 4 is 23.5 Å². The minimum absolute atomic E-state index is 0.0263. The second kappa shape index (κ2) is 8.03. The predicted molar refractivity (Wildman–Crippen MR) is 79.2 cm³/mol. The van der Waals surface area contributed by atoms with Crippen molar-refractivity contribution < 1.29 is 19.1 Å². The Bertz CT molecular complexity index is 495. The van der Waals surface area contributed by atoms with E-state index in [-0.39, 0.29) is 24.4 Å². The summed E-state index contributed by atoms with van der Waals surface area (Å²) in [5.41, 5.74) is 0.636. The van der Waals surface area contributed by atoms with Crippen LogP contribution in [0, 0.1) is 5.92 Å². The molecule has 0 saturated heterocycles. The highest BCUT2D eigenvalue weighted by atomic mass is 35.5. The first-order valence-electron chi connectivity index (χ1n) is 7.22. The predicted octanol–water partition coefficient (Wildman–Crippen LogP) is 3.45. The van der Waals surface area contributed by atoms with Crippen LogP contribution in [0.2, 0.25) is 0 Å². The molecule has 1 fully saturated rings. The van der Waals surface area contributed by atoms with Crippen LogP contribution in [0.15, 0.2) is 24.3 Å². The highest BCUT2D eigenvalue weighted by Crippen LogP contribution is 2.27. The third kappa shape index (κ3) is 4.74. The van der Waals surface area contributed by atoms with Gasteiger partial charge in [0.15, 0.2) is 6.07 Å². The molecule has 1 aliphatic carbocycles. The molecule has 1 saturated carbocycles. The van der Waals surface area contributed by atoms with Crippen molar-refractivity contribution in [2.24, 2.45) is 5.92 Å². The van der Waals surface area contributed by atoms with Crippen LogP contribution in [0.4, 0.5) is 0 Å². The van der Waals surface area contributed by atoms with E-state index in [9.17, 15) is 9.59 Å². The van der Waals surface area contributed by atoms with Gasteiger partial charge in [0.2, 0.25) is 0 Å². The zero-order chi connectivity index (χ0) is 15.1. The normalized spacial score (nSPS) is 15.5. The van der Waals surface area contributed by atoms with Gasteiger partial charge in [0, 0.05) is 5.56 Å². The smallest absolute Gasteiger partial charge is 0.314 e. The summed E-state index contributed by atoms with van der Waals surface area (Å²) >= 11 is 5.36. The average Bonchev–Trinajstić information content (AvgIpc) is 2.50. The fourth-order valence-corrected chi connectivity index (χ4v) is 2.67. The molecule has 0 radical (unpaired) electrons. The molecule has 1 aliphatic rings. The Labute approximate surface area is 129 Å². The topological polar surface area (TPSA) is 52.6 Å². The first-order valence-corrected chi connectivity index (χ1v) is 7.75. The number of carbonyl (C=O) groups excluding carboxylic acids is 2. The second-order valence-electron chi connectivity index (χ2n) is 5.17. The molecule has 0 N–H and O–H groups in total. The minimum Gasteiger partial charge on any atom is -0.449 e.